The Kier molecular flexibility index (Phi) is 2.08. The second-order valence-corrected chi connectivity index (χ2v) is 3.40. The highest BCUT2D eigenvalue weighted by atomic mass is 16.4. The topological polar surface area (TPSA) is 63.3 Å². The van der Waals surface area contributed by atoms with Crippen molar-refractivity contribution < 1.29 is 14.5 Å². The van der Waals surface area contributed by atoms with Crippen molar-refractivity contribution in [2.75, 3.05) is 14.1 Å². The smallest absolute Gasteiger partial charge is 0.366 e. The third-order valence-corrected chi connectivity index (χ3v) is 1.96. The molecule has 0 spiro atoms. The van der Waals surface area contributed by atoms with Gasteiger partial charge in [0.2, 0.25) is 5.54 Å². The Balaban J connectivity index is 4.57. The minimum absolute atomic E-state index is 0.0671. The zero-order chi connectivity index (χ0) is 8.58. The molecule has 0 radical (unpaired) electrons. The Morgan fingerprint density at radius 2 is 1.80 bits per heavy atom. The molecule has 60 valence electrons. The first-order valence-electron chi connectivity index (χ1n) is 3.05. The number of carboxylic acids is 1. The Labute approximate surface area is 60.8 Å². The second-order valence-electron chi connectivity index (χ2n) is 3.40. The highest BCUT2D eigenvalue weighted by molar-refractivity contribution is 5.76. The molecule has 0 bridgehead atoms. The van der Waals surface area contributed by atoms with Gasteiger partial charge in [-0.1, -0.05) is 0 Å². The van der Waals surface area contributed by atoms with E-state index in [4.69, 9.17) is 10.9 Å². The maximum atomic E-state index is 10.6. The van der Waals surface area contributed by atoms with Crippen LogP contribution in [0.15, 0.2) is 0 Å². The van der Waals surface area contributed by atoms with Crippen LogP contribution in [-0.4, -0.2) is 35.3 Å². The van der Waals surface area contributed by atoms with Crippen LogP contribution in [0, 0.1) is 0 Å². The molecule has 0 aliphatic heterocycles. The van der Waals surface area contributed by atoms with Gasteiger partial charge < -0.3 is 5.11 Å². The number of likely N-dealkylation sites (N-methyl/N-ethyl adjacent to an activating group) is 1. The van der Waals surface area contributed by atoms with Crippen molar-refractivity contribution in [1.29, 1.82) is 0 Å². The molecule has 0 aromatic heterocycles. The fraction of sp³-hybridized carbons (Fsp3) is 0.833. The summed E-state index contributed by atoms with van der Waals surface area (Å²) in [6.45, 7) is 3.19. The summed E-state index contributed by atoms with van der Waals surface area (Å²) in [6, 6.07) is 0. The maximum absolute atomic E-state index is 10.6. The molecule has 0 rings (SSSR count). The molecule has 0 unspecified atom stereocenters. The van der Waals surface area contributed by atoms with E-state index in [1.165, 1.54) is 0 Å². The molecule has 0 heterocycles. The minimum atomic E-state index is -0.931. The van der Waals surface area contributed by atoms with E-state index in [1.807, 2.05) is 0 Å². The van der Waals surface area contributed by atoms with E-state index < -0.39 is 11.5 Å². The second kappa shape index (κ2) is 2.21. The summed E-state index contributed by atoms with van der Waals surface area (Å²) in [6.07, 6.45) is 0. The van der Waals surface area contributed by atoms with Crippen molar-refractivity contribution in [2.45, 2.75) is 19.4 Å². The highest BCUT2D eigenvalue weighted by Crippen LogP contribution is 2.14. The number of nitrogens with two attached hydrogens (primary N) is 1. The Hall–Kier alpha value is -0.610. The zero-order valence-electron chi connectivity index (χ0n) is 6.88. The number of carboxylic acid groups (broad SMARTS) is 1. The van der Waals surface area contributed by atoms with Crippen LogP contribution < -0.4 is 5.84 Å². The number of quaternary nitrogens is 1. The molecule has 4 heteroatoms. The summed E-state index contributed by atoms with van der Waals surface area (Å²) in [5.41, 5.74) is -0.931. The lowest BCUT2D eigenvalue weighted by molar-refractivity contribution is -0.939. The van der Waals surface area contributed by atoms with Gasteiger partial charge in [0.15, 0.2) is 0 Å². The van der Waals surface area contributed by atoms with Gasteiger partial charge in [-0.3, -0.25) is 0 Å². The summed E-state index contributed by atoms with van der Waals surface area (Å²) in [5.74, 6) is 4.68. The quantitative estimate of drug-likeness (QED) is 0.323. The highest BCUT2D eigenvalue weighted by Gasteiger charge is 2.42. The lowest BCUT2D eigenvalue weighted by Crippen LogP contribution is -2.64. The third-order valence-electron chi connectivity index (χ3n) is 1.96. The van der Waals surface area contributed by atoms with Gasteiger partial charge in [0.25, 0.3) is 0 Å². The third kappa shape index (κ3) is 1.46. The normalized spacial score (nSPS) is 13.3. The summed E-state index contributed by atoms with van der Waals surface area (Å²) < 4.78 is -0.0671. The van der Waals surface area contributed by atoms with Crippen LogP contribution in [0.5, 0.6) is 0 Å². The van der Waals surface area contributed by atoms with Crippen molar-refractivity contribution >= 4 is 5.97 Å². The molecule has 0 aliphatic carbocycles. The number of hydrogen-bond acceptors (Lipinski definition) is 2. The van der Waals surface area contributed by atoms with Gasteiger partial charge >= 0.3 is 5.97 Å². The first kappa shape index (κ1) is 9.39. The molecular weight excluding hydrogens is 132 g/mol. The lowest BCUT2D eigenvalue weighted by atomic mass is 10.0. The van der Waals surface area contributed by atoms with Gasteiger partial charge in [-0.15, -0.1) is 0 Å². The summed E-state index contributed by atoms with van der Waals surface area (Å²) in [7, 11) is 3.29. The van der Waals surface area contributed by atoms with Crippen LogP contribution in [0.3, 0.4) is 0 Å². The SMILES string of the molecule is CC(C)(C(=O)O)[N+](C)(C)N. The van der Waals surface area contributed by atoms with Crippen LogP contribution >= 0.6 is 0 Å². The van der Waals surface area contributed by atoms with Crippen LogP contribution in [-0.2, 0) is 4.79 Å². The number of hydrogen-bond donors (Lipinski definition) is 2. The van der Waals surface area contributed by atoms with Crippen LogP contribution in [0.2, 0.25) is 0 Å². The standard InChI is InChI=1S/C6H14N2O2/c1-6(2,5(9)10)8(3,4)7/h7H2,1-4H3/p+1. The van der Waals surface area contributed by atoms with Crippen molar-refractivity contribution in [3.05, 3.63) is 0 Å². The van der Waals surface area contributed by atoms with Gasteiger partial charge in [-0.2, -0.15) is 5.84 Å². The predicted molar refractivity (Wildman–Crippen MR) is 38.0 cm³/mol. The first-order valence-corrected chi connectivity index (χ1v) is 3.05. The van der Waals surface area contributed by atoms with Crippen molar-refractivity contribution in [1.82, 2.24) is 0 Å². The molecule has 0 fully saturated rings. The predicted octanol–water partition coefficient (Wildman–Crippen LogP) is -0.200. The van der Waals surface area contributed by atoms with Crippen LogP contribution in [0.25, 0.3) is 0 Å². The molecule has 0 atom stereocenters. The van der Waals surface area contributed by atoms with E-state index in [-0.39, 0.29) is 4.59 Å². The Bertz CT molecular complexity index is 146. The maximum Gasteiger partial charge on any atom is 0.366 e. The fourth-order valence-corrected chi connectivity index (χ4v) is 0.247. The minimum Gasteiger partial charge on any atom is -0.477 e. The summed E-state index contributed by atoms with van der Waals surface area (Å²) in [5, 5.41) is 8.68. The number of nitrogens with zero attached hydrogens (tertiary/aromatic N) is 1. The van der Waals surface area contributed by atoms with Gasteiger partial charge in [-0.05, 0) is 0 Å². The number of rotatable bonds is 2. The van der Waals surface area contributed by atoms with Crippen LogP contribution in [0.4, 0.5) is 0 Å². The fourth-order valence-electron chi connectivity index (χ4n) is 0.247. The van der Waals surface area contributed by atoms with E-state index in [2.05, 4.69) is 0 Å². The van der Waals surface area contributed by atoms with E-state index >= 15 is 0 Å². The van der Waals surface area contributed by atoms with Gasteiger partial charge in [0.05, 0.1) is 14.1 Å². The lowest BCUT2D eigenvalue weighted by Gasteiger charge is -2.35. The Morgan fingerprint density at radius 1 is 1.50 bits per heavy atom. The number of carbonyl (C=O) groups is 1. The largest absolute Gasteiger partial charge is 0.477 e. The summed E-state index contributed by atoms with van der Waals surface area (Å²) in [4.78, 5) is 10.6. The molecular formula is C6H15N2O2+. The molecule has 0 aromatic rings. The molecule has 10 heavy (non-hydrogen) atoms. The van der Waals surface area contributed by atoms with Crippen molar-refractivity contribution in [3.63, 3.8) is 0 Å². The average molecular weight is 147 g/mol. The van der Waals surface area contributed by atoms with E-state index in [1.54, 1.807) is 27.9 Å². The van der Waals surface area contributed by atoms with E-state index in [0.717, 1.165) is 0 Å². The zero-order valence-corrected chi connectivity index (χ0v) is 6.88. The van der Waals surface area contributed by atoms with Gasteiger partial charge in [-0.25, -0.2) is 9.39 Å². The van der Waals surface area contributed by atoms with Gasteiger partial charge in [0.1, 0.15) is 0 Å². The van der Waals surface area contributed by atoms with Crippen molar-refractivity contribution in [2.24, 2.45) is 5.84 Å². The first-order chi connectivity index (χ1) is 4.19. The van der Waals surface area contributed by atoms with Crippen LogP contribution in [0.1, 0.15) is 13.8 Å². The molecule has 0 aromatic carbocycles. The molecule has 4 nitrogen and oxygen atoms in total. The molecule has 0 saturated carbocycles. The van der Waals surface area contributed by atoms with Crippen molar-refractivity contribution in [3.8, 4) is 0 Å². The van der Waals surface area contributed by atoms with Gasteiger partial charge in [0, 0.05) is 13.8 Å². The monoisotopic (exact) mass is 147 g/mol. The average Bonchev–Trinajstić information content (AvgIpc) is 1.62. The molecule has 0 amide bonds. The number of aliphatic carboxylic acids is 1. The molecule has 3 N–H and O–H groups in total. The molecule has 0 saturated heterocycles. The van der Waals surface area contributed by atoms with E-state index in [0.29, 0.717) is 0 Å². The summed E-state index contributed by atoms with van der Waals surface area (Å²) >= 11 is 0. The Morgan fingerprint density at radius 3 is 1.80 bits per heavy atom. The van der Waals surface area contributed by atoms with E-state index in [9.17, 15) is 4.79 Å². The molecule has 0 aliphatic rings.